The summed E-state index contributed by atoms with van der Waals surface area (Å²) < 4.78 is 16.2. The quantitative estimate of drug-likeness (QED) is 0.503. The second kappa shape index (κ2) is 9.37. The zero-order valence-electron chi connectivity index (χ0n) is 18.1. The van der Waals surface area contributed by atoms with Crippen molar-refractivity contribution < 1.29 is 33.8 Å². The Labute approximate surface area is 189 Å². The fraction of sp³-hybridized carbons (Fsp3) is 0.600. The zero-order chi connectivity index (χ0) is 23.6. The number of carbonyl (C=O) groups is 2. The minimum absolute atomic E-state index is 0.0389. The molecule has 176 valence electrons. The molecule has 3 rings (SSSR count). The van der Waals surface area contributed by atoms with Crippen LogP contribution in [0.5, 0.6) is 11.5 Å². The van der Waals surface area contributed by atoms with Crippen LogP contribution in [0.15, 0.2) is 6.07 Å². The third-order valence-corrected chi connectivity index (χ3v) is 5.44. The van der Waals surface area contributed by atoms with Crippen LogP contribution < -0.4 is 14.8 Å². The summed E-state index contributed by atoms with van der Waals surface area (Å²) in [5, 5.41) is 24.2. The second-order valence-electron chi connectivity index (χ2n) is 8.62. The summed E-state index contributed by atoms with van der Waals surface area (Å²) in [7, 11) is 0. The number of hydrogen-bond acceptors (Lipinski definition) is 8. The highest BCUT2D eigenvalue weighted by Gasteiger charge is 2.34. The van der Waals surface area contributed by atoms with Gasteiger partial charge in [-0.1, -0.05) is 11.6 Å². The normalized spacial score (nSPS) is 20.5. The first kappa shape index (κ1) is 23.9. The summed E-state index contributed by atoms with van der Waals surface area (Å²) in [4.78, 5) is 37.1. The van der Waals surface area contributed by atoms with E-state index in [1.165, 1.54) is 4.90 Å². The molecule has 2 aliphatic rings. The summed E-state index contributed by atoms with van der Waals surface area (Å²) in [6, 6.07) is 1.05. The number of piperidine rings is 1. The fourth-order valence-electron chi connectivity index (χ4n) is 3.49. The van der Waals surface area contributed by atoms with Crippen LogP contribution in [-0.4, -0.2) is 71.5 Å². The average Bonchev–Trinajstić information content (AvgIpc) is 2.71. The van der Waals surface area contributed by atoms with E-state index in [9.17, 15) is 24.8 Å². The third kappa shape index (κ3) is 5.33. The molecule has 2 aliphatic heterocycles. The molecule has 12 heteroatoms. The largest absolute Gasteiger partial charge is 0.485 e. The van der Waals surface area contributed by atoms with Gasteiger partial charge in [0.25, 0.3) is 11.6 Å². The van der Waals surface area contributed by atoms with Crippen molar-refractivity contribution in [3.8, 4) is 11.5 Å². The van der Waals surface area contributed by atoms with Crippen LogP contribution in [0.25, 0.3) is 0 Å². The van der Waals surface area contributed by atoms with Crippen molar-refractivity contribution in [1.82, 2.24) is 10.2 Å². The molecule has 2 N–H and O–H groups in total. The predicted molar refractivity (Wildman–Crippen MR) is 113 cm³/mol. The number of nitro groups is 1. The fourth-order valence-corrected chi connectivity index (χ4v) is 3.76. The molecule has 1 saturated heterocycles. The number of β-amino-alcohol motifs (C(OH)–C–C–N with tert-alkyl or cyclic N) is 1. The maximum atomic E-state index is 12.8. The number of fused-ring (bicyclic) bond motifs is 1. The molecule has 0 aromatic heterocycles. The van der Waals surface area contributed by atoms with Gasteiger partial charge in [-0.05, 0) is 27.2 Å². The maximum Gasteiger partial charge on any atom is 0.410 e. The molecule has 1 aromatic carbocycles. The molecule has 1 fully saturated rings. The van der Waals surface area contributed by atoms with E-state index in [0.29, 0.717) is 13.0 Å². The van der Waals surface area contributed by atoms with E-state index in [2.05, 4.69) is 5.32 Å². The Balaban J connectivity index is 1.66. The van der Waals surface area contributed by atoms with E-state index in [1.54, 1.807) is 20.8 Å². The molecule has 2 amide bonds. The molecule has 1 unspecified atom stereocenters. The average molecular weight is 472 g/mol. The van der Waals surface area contributed by atoms with Crippen LogP contribution in [0.2, 0.25) is 5.02 Å². The van der Waals surface area contributed by atoms with Crippen LogP contribution in [0.4, 0.5) is 10.5 Å². The molecule has 1 aromatic rings. The lowest BCUT2D eigenvalue weighted by Crippen LogP contribution is -2.50. The van der Waals surface area contributed by atoms with E-state index in [0.717, 1.165) is 6.07 Å². The highest BCUT2D eigenvalue weighted by molar-refractivity contribution is 6.34. The standard InChI is InChI=1S/C20H26ClN3O8/c1-20(2,3)32-19(27)23-5-4-11(14(25)10-23)9-22-18(26)12-8-13(24(28)29)15(21)17-16(12)30-6-7-31-17/h8,11,14,25H,4-7,9-10H2,1-3H3,(H,22,26)/t11-,14?/m0/s1. The minimum Gasteiger partial charge on any atom is -0.485 e. The van der Waals surface area contributed by atoms with Gasteiger partial charge in [0.15, 0.2) is 16.5 Å². The van der Waals surface area contributed by atoms with Crippen molar-refractivity contribution in [2.45, 2.75) is 38.9 Å². The molecule has 0 bridgehead atoms. The molecule has 0 radical (unpaired) electrons. The highest BCUT2D eigenvalue weighted by Crippen LogP contribution is 2.45. The molecular weight excluding hydrogens is 446 g/mol. The molecule has 32 heavy (non-hydrogen) atoms. The predicted octanol–water partition coefficient (Wildman–Crippen LogP) is 2.37. The number of nitro benzene ring substituents is 1. The van der Waals surface area contributed by atoms with Gasteiger partial charge in [0.2, 0.25) is 0 Å². The molecule has 2 atom stereocenters. The first-order valence-corrected chi connectivity index (χ1v) is 10.6. The maximum absolute atomic E-state index is 12.8. The number of nitrogens with one attached hydrogen (secondary N) is 1. The number of hydrogen-bond donors (Lipinski definition) is 2. The van der Waals surface area contributed by atoms with Crippen LogP contribution in [-0.2, 0) is 4.74 Å². The zero-order valence-corrected chi connectivity index (χ0v) is 18.8. The lowest BCUT2D eigenvalue weighted by molar-refractivity contribution is -0.384. The Bertz CT molecular complexity index is 917. The van der Waals surface area contributed by atoms with Crippen molar-refractivity contribution in [3.05, 3.63) is 26.8 Å². The molecule has 2 heterocycles. The number of carbonyl (C=O) groups excluding carboxylic acids is 2. The van der Waals surface area contributed by atoms with Crippen molar-refractivity contribution in [2.75, 3.05) is 32.8 Å². The lowest BCUT2D eigenvalue weighted by Gasteiger charge is -2.36. The van der Waals surface area contributed by atoms with Crippen molar-refractivity contribution >= 4 is 29.3 Å². The Morgan fingerprint density at radius 3 is 2.59 bits per heavy atom. The SMILES string of the molecule is CC(C)(C)OC(=O)N1CC[C@@H](CNC(=O)c2cc([N+](=O)[O-])c(Cl)c3c2OCCO3)C(O)C1. The Kier molecular flexibility index (Phi) is 6.99. The van der Waals surface area contributed by atoms with Gasteiger partial charge in [-0.3, -0.25) is 14.9 Å². The first-order valence-electron chi connectivity index (χ1n) is 10.2. The number of amides is 2. The number of likely N-dealkylation sites (tertiary alicyclic amines) is 1. The first-order chi connectivity index (χ1) is 15.0. The minimum atomic E-state index is -0.871. The number of rotatable bonds is 4. The van der Waals surface area contributed by atoms with Crippen LogP contribution >= 0.6 is 11.6 Å². The van der Waals surface area contributed by atoms with Gasteiger partial charge in [0.1, 0.15) is 18.8 Å². The Morgan fingerprint density at radius 2 is 2.00 bits per heavy atom. The van der Waals surface area contributed by atoms with E-state index >= 15 is 0 Å². The molecule has 11 nitrogen and oxygen atoms in total. The highest BCUT2D eigenvalue weighted by atomic mass is 35.5. The van der Waals surface area contributed by atoms with E-state index in [1.807, 2.05) is 0 Å². The molecule has 0 aliphatic carbocycles. The van der Waals surface area contributed by atoms with Gasteiger partial charge in [0.05, 0.1) is 23.1 Å². The van der Waals surface area contributed by atoms with Gasteiger partial charge in [0, 0.05) is 25.1 Å². The summed E-state index contributed by atoms with van der Waals surface area (Å²) >= 11 is 6.04. The van der Waals surface area contributed by atoms with Crippen molar-refractivity contribution in [3.63, 3.8) is 0 Å². The summed E-state index contributed by atoms with van der Waals surface area (Å²) in [5.74, 6) is -0.922. The van der Waals surface area contributed by atoms with Crippen LogP contribution in [0.3, 0.4) is 0 Å². The Hall–Kier alpha value is -2.79. The summed E-state index contributed by atoms with van der Waals surface area (Å²) in [5.41, 5.74) is -1.18. The number of halogens is 1. The molecule has 0 spiro atoms. The van der Waals surface area contributed by atoms with E-state index < -0.39 is 34.3 Å². The summed E-state index contributed by atoms with van der Waals surface area (Å²) in [6.45, 7) is 6.16. The van der Waals surface area contributed by atoms with Gasteiger partial charge in [-0.2, -0.15) is 0 Å². The number of aliphatic hydroxyl groups is 1. The lowest BCUT2D eigenvalue weighted by atomic mass is 9.94. The van der Waals surface area contributed by atoms with Crippen molar-refractivity contribution in [1.29, 1.82) is 0 Å². The van der Waals surface area contributed by atoms with Gasteiger partial charge < -0.3 is 29.5 Å². The van der Waals surface area contributed by atoms with E-state index in [-0.39, 0.29) is 54.3 Å². The number of benzene rings is 1. The van der Waals surface area contributed by atoms with Gasteiger partial charge >= 0.3 is 6.09 Å². The smallest absolute Gasteiger partial charge is 0.410 e. The number of aliphatic hydroxyl groups excluding tert-OH is 1. The van der Waals surface area contributed by atoms with Crippen molar-refractivity contribution in [2.24, 2.45) is 5.92 Å². The van der Waals surface area contributed by atoms with Gasteiger partial charge in [-0.15, -0.1) is 0 Å². The topological polar surface area (TPSA) is 140 Å². The molecule has 0 saturated carbocycles. The number of ether oxygens (including phenoxy) is 3. The van der Waals surface area contributed by atoms with Gasteiger partial charge in [-0.25, -0.2) is 4.79 Å². The number of nitrogens with zero attached hydrogens (tertiary/aromatic N) is 2. The van der Waals surface area contributed by atoms with Crippen LogP contribution in [0, 0.1) is 16.0 Å². The second-order valence-corrected chi connectivity index (χ2v) is 9.00. The van der Waals surface area contributed by atoms with Crippen LogP contribution in [0.1, 0.15) is 37.6 Å². The third-order valence-electron chi connectivity index (χ3n) is 5.07. The Morgan fingerprint density at radius 1 is 1.34 bits per heavy atom. The molecular formula is C20H26ClN3O8. The monoisotopic (exact) mass is 471 g/mol. The summed E-state index contributed by atoms with van der Waals surface area (Å²) in [6.07, 6.45) is -0.931. The van der Waals surface area contributed by atoms with E-state index in [4.69, 9.17) is 25.8 Å².